The van der Waals surface area contributed by atoms with E-state index in [1.165, 1.54) is 44.9 Å². The number of guanidine groups is 1. The third kappa shape index (κ3) is 4.45. The number of nitrogens with zero attached hydrogens (tertiary/aromatic N) is 5. The molecular formula is C20H34N6O. The first-order chi connectivity index (χ1) is 13.2. The molecule has 27 heavy (non-hydrogen) atoms. The lowest BCUT2D eigenvalue weighted by Gasteiger charge is -2.29. The van der Waals surface area contributed by atoms with Gasteiger partial charge in [-0.1, -0.05) is 19.3 Å². The van der Waals surface area contributed by atoms with Gasteiger partial charge in [0, 0.05) is 39.4 Å². The SMILES string of the molecule is Cc1nnc(CN=C(NC2CCCCC2)N2CCC(C3CCOC3)C2)n1C. The summed E-state index contributed by atoms with van der Waals surface area (Å²) in [5.74, 6) is 4.40. The number of aliphatic imine (C=N–C) groups is 1. The molecule has 0 bridgehead atoms. The van der Waals surface area contributed by atoms with Crippen molar-refractivity contribution in [3.63, 3.8) is 0 Å². The topological polar surface area (TPSA) is 67.6 Å². The van der Waals surface area contributed by atoms with Crippen molar-refractivity contribution in [1.29, 1.82) is 0 Å². The molecule has 1 aliphatic carbocycles. The summed E-state index contributed by atoms with van der Waals surface area (Å²) < 4.78 is 7.66. The minimum Gasteiger partial charge on any atom is -0.381 e. The summed E-state index contributed by atoms with van der Waals surface area (Å²) in [6.45, 7) is 6.64. The molecule has 0 amide bonds. The number of likely N-dealkylation sites (tertiary alicyclic amines) is 1. The van der Waals surface area contributed by atoms with Crippen LogP contribution in [0.4, 0.5) is 0 Å². The minimum atomic E-state index is 0.563. The van der Waals surface area contributed by atoms with Gasteiger partial charge >= 0.3 is 0 Å². The molecule has 0 aromatic carbocycles. The highest BCUT2D eigenvalue weighted by Crippen LogP contribution is 2.30. The molecule has 7 heteroatoms. The number of ether oxygens (including phenoxy) is 1. The number of hydrogen-bond acceptors (Lipinski definition) is 4. The largest absolute Gasteiger partial charge is 0.381 e. The molecule has 7 nitrogen and oxygen atoms in total. The first kappa shape index (κ1) is 18.7. The van der Waals surface area contributed by atoms with Crippen LogP contribution in [0.2, 0.25) is 0 Å². The van der Waals surface area contributed by atoms with Crippen LogP contribution in [0.3, 0.4) is 0 Å². The standard InChI is InChI=1S/C20H34N6O/c1-15-23-24-19(25(15)2)12-21-20(22-18-6-4-3-5-7-18)26-10-8-16(13-26)17-9-11-27-14-17/h16-18H,3-14H2,1-2H3,(H,21,22). The van der Waals surface area contributed by atoms with Gasteiger partial charge in [-0.2, -0.15) is 0 Å². The van der Waals surface area contributed by atoms with Crippen LogP contribution in [0, 0.1) is 18.8 Å². The summed E-state index contributed by atoms with van der Waals surface area (Å²) in [7, 11) is 2.01. The molecule has 1 saturated carbocycles. The number of hydrogen-bond donors (Lipinski definition) is 1. The second-order valence-corrected chi connectivity index (χ2v) is 8.46. The molecule has 4 rings (SSSR count). The quantitative estimate of drug-likeness (QED) is 0.647. The van der Waals surface area contributed by atoms with Gasteiger partial charge in [0.15, 0.2) is 11.8 Å². The van der Waals surface area contributed by atoms with Gasteiger partial charge in [-0.3, -0.25) is 0 Å². The van der Waals surface area contributed by atoms with Gasteiger partial charge in [0.25, 0.3) is 0 Å². The Kier molecular flexibility index (Phi) is 5.95. The molecule has 3 heterocycles. The molecule has 0 spiro atoms. The fourth-order valence-corrected chi connectivity index (χ4v) is 4.69. The fraction of sp³-hybridized carbons (Fsp3) is 0.850. The number of aromatic nitrogens is 3. The Morgan fingerprint density at radius 2 is 2.00 bits per heavy atom. The summed E-state index contributed by atoms with van der Waals surface area (Å²) in [6.07, 6.45) is 9.02. The summed E-state index contributed by atoms with van der Waals surface area (Å²) in [4.78, 5) is 7.46. The third-order valence-corrected chi connectivity index (χ3v) is 6.65. The second-order valence-electron chi connectivity index (χ2n) is 8.46. The molecule has 1 N–H and O–H groups in total. The van der Waals surface area contributed by atoms with E-state index in [0.29, 0.717) is 12.6 Å². The minimum absolute atomic E-state index is 0.563. The van der Waals surface area contributed by atoms with Crippen molar-refractivity contribution >= 4 is 5.96 Å². The van der Waals surface area contributed by atoms with Crippen LogP contribution in [0.1, 0.15) is 56.6 Å². The van der Waals surface area contributed by atoms with Crippen molar-refractivity contribution in [2.24, 2.45) is 23.9 Å². The van der Waals surface area contributed by atoms with Crippen LogP contribution in [0.5, 0.6) is 0 Å². The second kappa shape index (κ2) is 8.59. The molecule has 0 radical (unpaired) electrons. The number of nitrogens with one attached hydrogen (secondary N) is 1. The van der Waals surface area contributed by atoms with Crippen molar-refractivity contribution in [3.05, 3.63) is 11.6 Å². The van der Waals surface area contributed by atoms with Crippen LogP contribution in [0.15, 0.2) is 4.99 Å². The Morgan fingerprint density at radius 1 is 1.15 bits per heavy atom. The van der Waals surface area contributed by atoms with E-state index >= 15 is 0 Å². The predicted molar refractivity (Wildman–Crippen MR) is 105 cm³/mol. The maximum Gasteiger partial charge on any atom is 0.194 e. The van der Waals surface area contributed by atoms with Crippen molar-refractivity contribution in [2.45, 2.75) is 64.5 Å². The average molecular weight is 375 g/mol. The van der Waals surface area contributed by atoms with Gasteiger partial charge < -0.3 is 19.5 Å². The molecular weight excluding hydrogens is 340 g/mol. The van der Waals surface area contributed by atoms with E-state index in [2.05, 4.69) is 20.4 Å². The van der Waals surface area contributed by atoms with Crippen LogP contribution < -0.4 is 5.32 Å². The summed E-state index contributed by atoms with van der Waals surface area (Å²) in [6, 6.07) is 0.563. The van der Waals surface area contributed by atoms with Gasteiger partial charge in [0.05, 0.1) is 0 Å². The molecule has 3 fully saturated rings. The molecule has 2 atom stereocenters. The molecule has 1 aromatic rings. The highest BCUT2D eigenvalue weighted by molar-refractivity contribution is 5.80. The summed E-state index contributed by atoms with van der Waals surface area (Å²) >= 11 is 0. The summed E-state index contributed by atoms with van der Waals surface area (Å²) in [5, 5.41) is 12.2. The Labute approximate surface area is 162 Å². The van der Waals surface area contributed by atoms with E-state index in [1.54, 1.807) is 0 Å². The molecule has 2 saturated heterocycles. The van der Waals surface area contributed by atoms with Crippen LogP contribution in [-0.4, -0.2) is 58.0 Å². The fourth-order valence-electron chi connectivity index (χ4n) is 4.69. The highest BCUT2D eigenvalue weighted by Gasteiger charge is 2.33. The maximum absolute atomic E-state index is 5.63. The lowest BCUT2D eigenvalue weighted by molar-refractivity contribution is 0.173. The number of rotatable bonds is 4. The van der Waals surface area contributed by atoms with E-state index in [-0.39, 0.29) is 0 Å². The van der Waals surface area contributed by atoms with Crippen molar-refractivity contribution in [3.8, 4) is 0 Å². The Hall–Kier alpha value is -1.63. The van der Waals surface area contributed by atoms with Crippen molar-refractivity contribution in [2.75, 3.05) is 26.3 Å². The van der Waals surface area contributed by atoms with Crippen molar-refractivity contribution < 1.29 is 4.74 Å². The lowest BCUT2D eigenvalue weighted by Crippen LogP contribution is -2.46. The first-order valence-electron chi connectivity index (χ1n) is 10.7. The van der Waals surface area contributed by atoms with Crippen LogP contribution >= 0.6 is 0 Å². The molecule has 2 aliphatic heterocycles. The van der Waals surface area contributed by atoms with E-state index in [0.717, 1.165) is 55.7 Å². The summed E-state index contributed by atoms with van der Waals surface area (Å²) in [5.41, 5.74) is 0. The maximum atomic E-state index is 5.63. The zero-order valence-electron chi connectivity index (χ0n) is 16.9. The predicted octanol–water partition coefficient (Wildman–Crippen LogP) is 2.26. The van der Waals surface area contributed by atoms with Gasteiger partial charge in [-0.05, 0) is 44.4 Å². The first-order valence-corrected chi connectivity index (χ1v) is 10.7. The average Bonchev–Trinajstić information content (AvgIpc) is 3.43. The molecule has 150 valence electrons. The molecule has 1 aromatic heterocycles. The van der Waals surface area contributed by atoms with Gasteiger partial charge in [-0.25, -0.2) is 4.99 Å². The van der Waals surface area contributed by atoms with E-state index < -0.39 is 0 Å². The Balaban J connectivity index is 1.45. The lowest BCUT2D eigenvalue weighted by atomic mass is 9.91. The highest BCUT2D eigenvalue weighted by atomic mass is 16.5. The zero-order chi connectivity index (χ0) is 18.6. The van der Waals surface area contributed by atoms with E-state index in [4.69, 9.17) is 9.73 Å². The van der Waals surface area contributed by atoms with Gasteiger partial charge in [0.1, 0.15) is 12.4 Å². The van der Waals surface area contributed by atoms with Crippen LogP contribution in [0.25, 0.3) is 0 Å². The normalized spacial score (nSPS) is 27.5. The molecule has 3 aliphatic rings. The molecule has 2 unspecified atom stereocenters. The Morgan fingerprint density at radius 3 is 2.70 bits per heavy atom. The van der Waals surface area contributed by atoms with E-state index in [9.17, 15) is 0 Å². The zero-order valence-corrected chi connectivity index (χ0v) is 16.9. The van der Waals surface area contributed by atoms with Gasteiger partial charge in [-0.15, -0.1) is 10.2 Å². The number of aryl methyl sites for hydroxylation is 1. The van der Waals surface area contributed by atoms with Gasteiger partial charge in [0.2, 0.25) is 0 Å². The van der Waals surface area contributed by atoms with Crippen molar-refractivity contribution in [1.82, 2.24) is 25.0 Å². The third-order valence-electron chi connectivity index (χ3n) is 6.65. The van der Waals surface area contributed by atoms with Crippen LogP contribution in [-0.2, 0) is 18.3 Å². The van der Waals surface area contributed by atoms with E-state index in [1.807, 2.05) is 18.5 Å². The smallest absolute Gasteiger partial charge is 0.194 e. The monoisotopic (exact) mass is 374 g/mol. The Bertz CT molecular complexity index is 645.